The second-order valence-electron chi connectivity index (χ2n) is 10.1. The zero-order chi connectivity index (χ0) is 24.6. The van der Waals surface area contributed by atoms with Crippen LogP contribution in [-0.4, -0.2) is 40.2 Å². The first kappa shape index (κ1) is 24.6. The van der Waals surface area contributed by atoms with Gasteiger partial charge in [0.2, 0.25) is 0 Å². The molecular weight excluding hydrogens is 418 g/mol. The van der Waals surface area contributed by atoms with E-state index in [4.69, 9.17) is 4.74 Å². The van der Waals surface area contributed by atoms with E-state index >= 15 is 0 Å². The Hall–Kier alpha value is -3.00. The number of anilines is 2. The molecule has 0 bridgehead atoms. The van der Waals surface area contributed by atoms with Gasteiger partial charge in [0.1, 0.15) is 16.6 Å². The van der Waals surface area contributed by atoms with Crippen LogP contribution in [0.1, 0.15) is 58.6 Å². The number of aromatic amines is 1. The van der Waals surface area contributed by atoms with E-state index in [1.54, 1.807) is 0 Å². The predicted molar refractivity (Wildman–Crippen MR) is 131 cm³/mol. The van der Waals surface area contributed by atoms with Crippen molar-refractivity contribution in [2.45, 2.75) is 72.4 Å². The van der Waals surface area contributed by atoms with Gasteiger partial charge in [-0.2, -0.15) is 0 Å². The molecule has 0 saturated carbocycles. The van der Waals surface area contributed by atoms with Crippen LogP contribution in [0, 0.1) is 13.8 Å². The van der Waals surface area contributed by atoms with Crippen molar-refractivity contribution in [3.63, 3.8) is 0 Å². The van der Waals surface area contributed by atoms with Crippen molar-refractivity contribution >= 4 is 29.7 Å². The molecule has 0 saturated heterocycles. The fraction of sp³-hybridized carbons (Fsp3) is 0.520. The second kappa shape index (κ2) is 9.09. The molecule has 33 heavy (non-hydrogen) atoms. The topological polar surface area (TPSA) is 99.7 Å². The first-order valence-corrected chi connectivity index (χ1v) is 11.3. The molecule has 1 aliphatic heterocycles. The van der Waals surface area contributed by atoms with Crippen molar-refractivity contribution in [2.75, 3.05) is 18.0 Å². The summed E-state index contributed by atoms with van der Waals surface area (Å²) in [4.78, 5) is 38.7. The molecule has 0 radical (unpaired) electrons. The normalized spacial score (nSPS) is 13.2. The Labute approximate surface area is 194 Å². The Morgan fingerprint density at radius 2 is 1.82 bits per heavy atom. The summed E-state index contributed by atoms with van der Waals surface area (Å²) in [7, 11) is 0. The molecule has 178 valence electrons. The summed E-state index contributed by atoms with van der Waals surface area (Å²) in [6.07, 6.45) is 1.65. The molecule has 1 aromatic carbocycles. The van der Waals surface area contributed by atoms with E-state index in [-0.39, 0.29) is 11.5 Å². The van der Waals surface area contributed by atoms with Gasteiger partial charge in [-0.3, -0.25) is 9.59 Å². The molecule has 2 heterocycles. The predicted octanol–water partition coefficient (Wildman–Crippen LogP) is 2.69. The van der Waals surface area contributed by atoms with E-state index in [1.165, 1.54) is 0 Å². The number of carbonyl (C=O) groups is 1. The van der Waals surface area contributed by atoms with E-state index < -0.39 is 11.1 Å². The first-order valence-electron chi connectivity index (χ1n) is 11.3. The number of rotatable bonds is 7. The summed E-state index contributed by atoms with van der Waals surface area (Å²) < 4.78 is 5.51. The molecule has 1 aromatic heterocycles. The van der Waals surface area contributed by atoms with Crippen LogP contribution < -0.4 is 26.6 Å². The lowest BCUT2D eigenvalue weighted by Gasteiger charge is -2.30. The second-order valence-corrected chi connectivity index (χ2v) is 10.1. The highest BCUT2D eigenvalue weighted by Gasteiger charge is 2.32. The van der Waals surface area contributed by atoms with Crippen molar-refractivity contribution in [2.24, 2.45) is 4.99 Å². The molecule has 0 aliphatic carbocycles. The van der Waals surface area contributed by atoms with Crippen LogP contribution in [0.2, 0.25) is 0 Å². The maximum atomic E-state index is 12.5. The summed E-state index contributed by atoms with van der Waals surface area (Å²) >= 11 is 0. The van der Waals surface area contributed by atoms with Crippen molar-refractivity contribution < 1.29 is 9.53 Å². The number of aryl methyl sites for hydroxylation is 2. The third-order valence-corrected chi connectivity index (χ3v) is 5.58. The average Bonchev–Trinajstić information content (AvgIpc) is 2.67. The van der Waals surface area contributed by atoms with Crippen LogP contribution >= 0.6 is 0 Å². The Balaban J connectivity index is 1.74. The lowest BCUT2D eigenvalue weighted by Crippen LogP contribution is -2.50. The fourth-order valence-corrected chi connectivity index (χ4v) is 3.62. The van der Waals surface area contributed by atoms with Crippen molar-refractivity contribution in [3.8, 4) is 0 Å². The summed E-state index contributed by atoms with van der Waals surface area (Å²) in [6.45, 7) is 18.4. The zero-order valence-electron chi connectivity index (χ0n) is 20.8. The minimum Gasteiger partial charge on any atom is -0.459 e. The largest absolute Gasteiger partial charge is 0.459 e. The lowest BCUT2D eigenvalue weighted by molar-refractivity contribution is -0.161. The van der Waals surface area contributed by atoms with Crippen LogP contribution in [0.4, 0.5) is 17.2 Å². The molecule has 1 aliphatic rings. The highest BCUT2D eigenvalue weighted by Crippen LogP contribution is 2.36. The molecule has 0 fully saturated rings. The van der Waals surface area contributed by atoms with E-state index in [0.29, 0.717) is 29.7 Å². The number of hydrogen-bond acceptors (Lipinski definition) is 7. The molecule has 3 rings (SSSR count). The Kier molecular flexibility index (Phi) is 6.79. The Morgan fingerprint density at radius 1 is 1.15 bits per heavy atom. The molecule has 0 spiro atoms. The fourth-order valence-electron chi connectivity index (χ4n) is 3.62. The van der Waals surface area contributed by atoms with Crippen molar-refractivity contribution in [1.29, 1.82) is 0 Å². The quantitative estimate of drug-likeness (QED) is 0.494. The summed E-state index contributed by atoms with van der Waals surface area (Å²) in [6, 6.07) is 4.09. The van der Waals surface area contributed by atoms with Crippen molar-refractivity contribution in [1.82, 2.24) is 15.3 Å². The average molecular weight is 454 g/mol. The maximum Gasteiger partial charge on any atom is 0.326 e. The van der Waals surface area contributed by atoms with Gasteiger partial charge < -0.3 is 19.9 Å². The highest BCUT2D eigenvalue weighted by molar-refractivity contribution is 5.80. The van der Waals surface area contributed by atoms with Gasteiger partial charge in [-0.05, 0) is 91.1 Å². The SMILES string of the molecule is C=c1nc2c(c(=O)[nH]1)=Nc1cc(C)c(C)cc1N2CCCCNC(C)(C)C(=O)OC(C)(C)C. The number of aromatic nitrogens is 2. The van der Waals surface area contributed by atoms with Gasteiger partial charge >= 0.3 is 5.97 Å². The standard InChI is InChI=1S/C25H35N5O3/c1-15-13-18-19(14-16(15)2)30(21-20(29-18)22(31)28-17(3)27-21)12-10-9-11-26-25(7,8)23(32)33-24(4,5)6/h13-14,26H,3,9-12H2,1-2,4-8H3,(H,28,31). The number of unbranched alkanes of at least 4 members (excludes halogenated alkanes) is 1. The number of nitrogens with one attached hydrogen (secondary N) is 2. The summed E-state index contributed by atoms with van der Waals surface area (Å²) in [5, 5.41) is 3.61. The summed E-state index contributed by atoms with van der Waals surface area (Å²) in [5.74, 6) is 0.259. The third kappa shape index (κ3) is 5.68. The number of carbonyl (C=O) groups excluding carboxylic acids is 1. The molecule has 0 amide bonds. The van der Waals surface area contributed by atoms with Crippen LogP contribution in [0.5, 0.6) is 0 Å². The minimum atomic E-state index is -0.775. The zero-order valence-corrected chi connectivity index (χ0v) is 20.8. The third-order valence-electron chi connectivity index (χ3n) is 5.58. The van der Waals surface area contributed by atoms with Gasteiger partial charge in [0.25, 0.3) is 5.56 Å². The highest BCUT2D eigenvalue weighted by atomic mass is 16.6. The number of fused-ring (bicyclic) bond motifs is 2. The van der Waals surface area contributed by atoms with Crippen LogP contribution in [0.3, 0.4) is 0 Å². The molecule has 2 N–H and O–H groups in total. The van der Waals surface area contributed by atoms with Gasteiger partial charge in [-0.15, -0.1) is 0 Å². The molecule has 0 atom stereocenters. The van der Waals surface area contributed by atoms with E-state index in [9.17, 15) is 9.59 Å². The van der Waals surface area contributed by atoms with E-state index in [2.05, 4.69) is 39.8 Å². The van der Waals surface area contributed by atoms with Gasteiger partial charge in [0.05, 0.1) is 11.4 Å². The molecule has 8 nitrogen and oxygen atoms in total. The van der Waals surface area contributed by atoms with Gasteiger partial charge in [-0.25, -0.2) is 9.98 Å². The summed E-state index contributed by atoms with van der Waals surface area (Å²) in [5.41, 5.74) is 2.69. The van der Waals surface area contributed by atoms with Crippen LogP contribution in [0.15, 0.2) is 21.9 Å². The number of H-pyrrole nitrogens is 1. The van der Waals surface area contributed by atoms with Crippen LogP contribution in [0.25, 0.3) is 6.58 Å². The number of nitrogens with zero attached hydrogens (tertiary/aromatic N) is 3. The Morgan fingerprint density at radius 3 is 2.48 bits per heavy atom. The molecule has 0 unspecified atom stereocenters. The molecular formula is C25H35N5O3. The minimum absolute atomic E-state index is 0.271. The van der Waals surface area contributed by atoms with Gasteiger partial charge in [-0.1, -0.05) is 6.58 Å². The Bertz CT molecular complexity index is 1220. The van der Waals surface area contributed by atoms with E-state index in [0.717, 1.165) is 35.3 Å². The maximum absolute atomic E-state index is 12.5. The first-order chi connectivity index (χ1) is 15.3. The number of hydrogen-bond donors (Lipinski definition) is 2. The monoisotopic (exact) mass is 453 g/mol. The van der Waals surface area contributed by atoms with Gasteiger partial charge in [0, 0.05) is 6.54 Å². The number of benzene rings is 1. The van der Waals surface area contributed by atoms with Crippen molar-refractivity contribution in [3.05, 3.63) is 44.5 Å². The number of esters is 1. The molecule has 2 aromatic rings. The lowest BCUT2D eigenvalue weighted by atomic mass is 10.0. The smallest absolute Gasteiger partial charge is 0.326 e. The molecule has 8 heteroatoms. The van der Waals surface area contributed by atoms with E-state index in [1.807, 2.05) is 52.5 Å². The number of ether oxygens (including phenoxy) is 1. The van der Waals surface area contributed by atoms with Crippen LogP contribution in [-0.2, 0) is 9.53 Å². The van der Waals surface area contributed by atoms with Gasteiger partial charge in [0.15, 0.2) is 11.2 Å².